The minimum Gasteiger partial charge on any atom is -0.497 e. The highest BCUT2D eigenvalue weighted by Crippen LogP contribution is 2.35. The van der Waals surface area contributed by atoms with E-state index >= 15 is 0 Å². The highest BCUT2D eigenvalue weighted by atomic mass is 16.5. The number of methoxy groups -OCH3 is 1. The number of ether oxygens (including phenoxy) is 1. The maximum absolute atomic E-state index is 5.33. The van der Waals surface area contributed by atoms with Crippen molar-refractivity contribution < 1.29 is 9.26 Å². The Labute approximate surface area is 121 Å². The molecule has 1 aliphatic rings. The second kappa shape index (κ2) is 4.73. The Kier molecular flexibility index (Phi) is 2.73. The van der Waals surface area contributed by atoms with E-state index in [0.717, 1.165) is 16.9 Å². The molecule has 1 aliphatic carbocycles. The predicted octanol–water partition coefficient (Wildman–Crippen LogP) is 2.94. The van der Waals surface area contributed by atoms with E-state index in [2.05, 4.69) is 15.2 Å². The Bertz CT molecular complexity index is 756. The molecule has 0 unspecified atom stereocenters. The minimum atomic E-state index is 0.493. The summed E-state index contributed by atoms with van der Waals surface area (Å²) in [5.74, 6) is 1.85. The number of aromatic nitrogens is 4. The highest BCUT2D eigenvalue weighted by Gasteiger charge is 2.25. The van der Waals surface area contributed by atoms with Crippen LogP contribution in [-0.4, -0.2) is 27.0 Å². The van der Waals surface area contributed by atoms with Gasteiger partial charge in [0.1, 0.15) is 5.75 Å². The third kappa shape index (κ3) is 2.29. The van der Waals surface area contributed by atoms with Crippen LogP contribution in [0.4, 0.5) is 0 Å². The van der Waals surface area contributed by atoms with E-state index in [-0.39, 0.29) is 0 Å². The molecular weight excluding hydrogens is 268 g/mol. The Balaban J connectivity index is 1.61. The fourth-order valence-electron chi connectivity index (χ4n) is 2.19. The zero-order valence-electron chi connectivity index (χ0n) is 11.6. The van der Waals surface area contributed by atoms with E-state index in [1.807, 2.05) is 35.1 Å². The maximum Gasteiger partial charge on any atom is 0.261 e. The van der Waals surface area contributed by atoms with E-state index in [1.54, 1.807) is 13.3 Å². The zero-order chi connectivity index (χ0) is 14.2. The number of hydrogen-bond acceptors (Lipinski definition) is 5. The summed E-state index contributed by atoms with van der Waals surface area (Å²) in [7, 11) is 1.64. The lowest BCUT2D eigenvalue weighted by Crippen LogP contribution is -1.91. The Hall–Kier alpha value is -2.63. The van der Waals surface area contributed by atoms with Crippen molar-refractivity contribution in [1.29, 1.82) is 0 Å². The molecule has 0 saturated heterocycles. The Morgan fingerprint density at radius 1 is 1.19 bits per heavy atom. The molecule has 3 aromatic rings. The first-order valence-corrected chi connectivity index (χ1v) is 6.86. The largest absolute Gasteiger partial charge is 0.497 e. The second-order valence-corrected chi connectivity index (χ2v) is 5.09. The third-order valence-corrected chi connectivity index (χ3v) is 3.54. The lowest BCUT2D eigenvalue weighted by Gasteiger charge is -1.98. The average Bonchev–Trinajstić information content (AvgIpc) is 3.07. The van der Waals surface area contributed by atoms with Crippen molar-refractivity contribution in [2.75, 3.05) is 7.11 Å². The van der Waals surface area contributed by atoms with Gasteiger partial charge in [-0.15, -0.1) is 0 Å². The normalized spacial score (nSPS) is 14.3. The van der Waals surface area contributed by atoms with Crippen LogP contribution in [0.1, 0.15) is 18.9 Å². The maximum atomic E-state index is 5.33. The molecule has 0 atom stereocenters. The fraction of sp³-hybridized carbons (Fsp3) is 0.267. The molecule has 106 valence electrons. The first kappa shape index (κ1) is 12.1. The smallest absolute Gasteiger partial charge is 0.261 e. The van der Waals surface area contributed by atoms with Gasteiger partial charge in [0, 0.05) is 11.8 Å². The van der Waals surface area contributed by atoms with Crippen molar-refractivity contribution in [3.05, 3.63) is 36.7 Å². The van der Waals surface area contributed by atoms with E-state index in [4.69, 9.17) is 9.26 Å². The molecule has 0 aliphatic heterocycles. The summed E-state index contributed by atoms with van der Waals surface area (Å²) in [5.41, 5.74) is 1.74. The Morgan fingerprint density at radius 2 is 2.00 bits per heavy atom. The highest BCUT2D eigenvalue weighted by molar-refractivity contribution is 5.59. The third-order valence-electron chi connectivity index (χ3n) is 3.54. The molecule has 4 rings (SSSR count). The summed E-state index contributed by atoms with van der Waals surface area (Å²) >= 11 is 0. The van der Waals surface area contributed by atoms with Crippen molar-refractivity contribution in [1.82, 2.24) is 19.9 Å². The number of nitrogens with zero attached hydrogens (tertiary/aromatic N) is 4. The molecule has 6 nitrogen and oxygen atoms in total. The lowest BCUT2D eigenvalue weighted by atomic mass is 10.2. The molecule has 0 radical (unpaired) electrons. The molecule has 1 aromatic carbocycles. The minimum absolute atomic E-state index is 0.493. The summed E-state index contributed by atoms with van der Waals surface area (Å²) in [4.78, 5) is 4.43. The first-order valence-electron chi connectivity index (χ1n) is 6.86. The van der Waals surface area contributed by atoms with E-state index in [9.17, 15) is 0 Å². The van der Waals surface area contributed by atoms with Crippen molar-refractivity contribution in [3.8, 4) is 28.6 Å². The molecule has 0 spiro atoms. The number of hydrogen-bond donors (Lipinski definition) is 0. The molecule has 2 aromatic heterocycles. The van der Waals surface area contributed by atoms with Crippen LogP contribution in [-0.2, 0) is 0 Å². The van der Waals surface area contributed by atoms with E-state index < -0.39 is 0 Å². The van der Waals surface area contributed by atoms with Crippen LogP contribution in [0.2, 0.25) is 0 Å². The molecule has 0 N–H and O–H groups in total. The molecule has 21 heavy (non-hydrogen) atoms. The van der Waals surface area contributed by atoms with Gasteiger partial charge >= 0.3 is 0 Å². The van der Waals surface area contributed by atoms with Gasteiger partial charge in [-0.2, -0.15) is 10.1 Å². The van der Waals surface area contributed by atoms with Gasteiger partial charge in [-0.05, 0) is 37.1 Å². The van der Waals surface area contributed by atoms with Crippen LogP contribution >= 0.6 is 0 Å². The van der Waals surface area contributed by atoms with Gasteiger partial charge in [-0.25, -0.2) is 0 Å². The molecule has 2 heterocycles. The topological polar surface area (TPSA) is 66.0 Å². The summed E-state index contributed by atoms with van der Waals surface area (Å²) in [6.45, 7) is 0. The molecule has 0 bridgehead atoms. The molecule has 0 amide bonds. The second-order valence-electron chi connectivity index (χ2n) is 5.09. The zero-order valence-corrected chi connectivity index (χ0v) is 11.6. The first-order chi connectivity index (χ1) is 10.3. The van der Waals surface area contributed by atoms with Gasteiger partial charge < -0.3 is 9.26 Å². The van der Waals surface area contributed by atoms with Crippen LogP contribution in [0.15, 0.2) is 41.2 Å². The molecule has 1 saturated carbocycles. The van der Waals surface area contributed by atoms with Gasteiger partial charge in [0.05, 0.1) is 24.9 Å². The van der Waals surface area contributed by atoms with Gasteiger partial charge in [-0.3, -0.25) is 4.68 Å². The Morgan fingerprint density at radius 3 is 2.71 bits per heavy atom. The van der Waals surface area contributed by atoms with Crippen LogP contribution in [0, 0.1) is 0 Å². The van der Waals surface area contributed by atoms with E-state index in [1.165, 1.54) is 12.8 Å². The van der Waals surface area contributed by atoms with Crippen molar-refractivity contribution in [2.24, 2.45) is 0 Å². The van der Waals surface area contributed by atoms with Gasteiger partial charge in [-0.1, -0.05) is 5.16 Å². The SMILES string of the molecule is COc1ccc(-c2noc(-c3cnn(C4CC4)c3)n2)cc1. The fourth-order valence-corrected chi connectivity index (χ4v) is 2.19. The monoisotopic (exact) mass is 282 g/mol. The van der Waals surface area contributed by atoms with Crippen LogP contribution < -0.4 is 4.74 Å². The number of benzene rings is 1. The summed E-state index contributed by atoms with van der Waals surface area (Å²) in [6, 6.07) is 8.09. The average molecular weight is 282 g/mol. The van der Waals surface area contributed by atoms with Gasteiger partial charge in [0.15, 0.2) is 0 Å². The van der Waals surface area contributed by atoms with Crippen molar-refractivity contribution in [3.63, 3.8) is 0 Å². The molecule has 6 heteroatoms. The number of rotatable bonds is 4. The van der Waals surface area contributed by atoms with Gasteiger partial charge in [0.25, 0.3) is 5.89 Å². The summed E-state index contributed by atoms with van der Waals surface area (Å²) < 4.78 is 12.4. The molecule has 1 fully saturated rings. The molecular formula is C15H14N4O2. The van der Waals surface area contributed by atoms with E-state index in [0.29, 0.717) is 17.8 Å². The summed E-state index contributed by atoms with van der Waals surface area (Å²) in [5, 5.41) is 8.36. The van der Waals surface area contributed by atoms with Crippen LogP contribution in [0.25, 0.3) is 22.8 Å². The predicted molar refractivity (Wildman–Crippen MR) is 75.8 cm³/mol. The van der Waals surface area contributed by atoms with Crippen LogP contribution in [0.3, 0.4) is 0 Å². The van der Waals surface area contributed by atoms with Gasteiger partial charge in [0.2, 0.25) is 5.82 Å². The van der Waals surface area contributed by atoms with Crippen molar-refractivity contribution in [2.45, 2.75) is 18.9 Å². The summed E-state index contributed by atoms with van der Waals surface area (Å²) in [6.07, 6.45) is 6.12. The quantitative estimate of drug-likeness (QED) is 0.736. The lowest BCUT2D eigenvalue weighted by molar-refractivity contribution is 0.415. The standard InChI is InChI=1S/C15H14N4O2/c1-20-13-6-2-10(3-7-13)14-17-15(21-18-14)11-8-16-19(9-11)12-4-5-12/h2-3,6-9,12H,4-5H2,1H3. The van der Waals surface area contributed by atoms with Crippen molar-refractivity contribution >= 4 is 0 Å². The van der Waals surface area contributed by atoms with Crippen LogP contribution in [0.5, 0.6) is 5.75 Å².